The minimum absolute atomic E-state index is 0.123. The van der Waals surface area contributed by atoms with E-state index in [4.69, 9.17) is 4.74 Å². The molecular weight excluding hydrogens is 280 g/mol. The maximum atomic E-state index is 12.0. The van der Waals surface area contributed by atoms with Gasteiger partial charge in [0.2, 0.25) is 5.91 Å². The molecule has 0 aromatic carbocycles. The number of carbonyl (C=O) groups is 1. The first kappa shape index (κ1) is 15.5. The second-order valence-electron chi connectivity index (χ2n) is 6.56. The summed E-state index contributed by atoms with van der Waals surface area (Å²) < 4.78 is 7.37. The van der Waals surface area contributed by atoms with Gasteiger partial charge in [-0.25, -0.2) is 0 Å². The molecule has 1 amide bonds. The summed E-state index contributed by atoms with van der Waals surface area (Å²) in [5.41, 5.74) is 1.29. The number of ether oxygens (including phenoxy) is 1. The Morgan fingerprint density at radius 1 is 1.50 bits per heavy atom. The van der Waals surface area contributed by atoms with Crippen LogP contribution in [0.3, 0.4) is 0 Å². The number of nitrogens with zero attached hydrogens (tertiary/aromatic N) is 3. The largest absolute Gasteiger partial charge is 0.376 e. The molecule has 2 fully saturated rings. The van der Waals surface area contributed by atoms with Crippen LogP contribution in [0.1, 0.15) is 24.8 Å². The molecule has 22 heavy (non-hydrogen) atoms. The van der Waals surface area contributed by atoms with E-state index in [1.54, 1.807) is 0 Å². The van der Waals surface area contributed by atoms with E-state index in [2.05, 4.69) is 21.5 Å². The molecule has 2 aliphatic heterocycles. The zero-order valence-electron chi connectivity index (χ0n) is 13.3. The third-order valence-electron chi connectivity index (χ3n) is 4.57. The number of rotatable bonds is 6. The van der Waals surface area contributed by atoms with E-state index in [1.165, 1.54) is 5.56 Å². The molecule has 0 saturated carbocycles. The molecule has 1 aromatic rings. The van der Waals surface area contributed by atoms with Crippen molar-refractivity contribution in [3.05, 3.63) is 18.0 Å². The summed E-state index contributed by atoms with van der Waals surface area (Å²) >= 11 is 0. The van der Waals surface area contributed by atoms with E-state index in [-0.39, 0.29) is 12.0 Å². The van der Waals surface area contributed by atoms with Crippen molar-refractivity contribution in [1.29, 1.82) is 0 Å². The highest BCUT2D eigenvalue weighted by molar-refractivity contribution is 5.78. The van der Waals surface area contributed by atoms with Crippen molar-refractivity contribution in [3.8, 4) is 0 Å². The molecule has 6 nitrogen and oxygen atoms in total. The summed E-state index contributed by atoms with van der Waals surface area (Å²) in [5, 5.41) is 7.22. The normalized spacial score (nSPS) is 25.7. The second kappa shape index (κ2) is 7.24. The number of nitrogens with one attached hydrogen (secondary N) is 1. The molecule has 0 radical (unpaired) electrons. The van der Waals surface area contributed by atoms with E-state index >= 15 is 0 Å². The maximum absolute atomic E-state index is 12.0. The number of amides is 1. The molecule has 2 atom stereocenters. The summed E-state index contributed by atoms with van der Waals surface area (Å²) in [6, 6.07) is 0. The Hall–Kier alpha value is -1.40. The van der Waals surface area contributed by atoms with E-state index in [1.807, 2.05) is 17.9 Å². The highest BCUT2D eigenvalue weighted by Crippen LogP contribution is 2.20. The van der Waals surface area contributed by atoms with Gasteiger partial charge in [-0.15, -0.1) is 0 Å². The summed E-state index contributed by atoms with van der Waals surface area (Å²) in [4.78, 5) is 14.3. The SMILES string of the molecule is Cn1cc(C[C@H]2CCN(CC(=O)NC[C@H]3CCCO3)C2)cn1. The Morgan fingerprint density at radius 2 is 2.41 bits per heavy atom. The van der Waals surface area contributed by atoms with Crippen molar-refractivity contribution in [2.45, 2.75) is 31.8 Å². The van der Waals surface area contributed by atoms with Gasteiger partial charge in [0.1, 0.15) is 0 Å². The summed E-state index contributed by atoms with van der Waals surface area (Å²) in [5.74, 6) is 0.757. The third kappa shape index (κ3) is 4.30. The van der Waals surface area contributed by atoms with Crippen LogP contribution in [0.15, 0.2) is 12.4 Å². The first-order chi connectivity index (χ1) is 10.7. The molecule has 122 valence electrons. The first-order valence-corrected chi connectivity index (χ1v) is 8.27. The van der Waals surface area contributed by atoms with Gasteiger partial charge in [0, 0.05) is 32.9 Å². The monoisotopic (exact) mass is 306 g/mol. The smallest absolute Gasteiger partial charge is 0.234 e. The molecule has 3 heterocycles. The highest BCUT2D eigenvalue weighted by atomic mass is 16.5. The van der Waals surface area contributed by atoms with Crippen LogP contribution in [0.4, 0.5) is 0 Å². The van der Waals surface area contributed by atoms with Crippen LogP contribution in [-0.4, -0.2) is 59.5 Å². The lowest BCUT2D eigenvalue weighted by Crippen LogP contribution is -2.39. The predicted molar refractivity (Wildman–Crippen MR) is 83.4 cm³/mol. The quantitative estimate of drug-likeness (QED) is 0.835. The summed E-state index contributed by atoms with van der Waals surface area (Å²) in [6.07, 6.45) is 8.64. The zero-order valence-corrected chi connectivity index (χ0v) is 13.3. The molecule has 0 unspecified atom stereocenters. The zero-order chi connectivity index (χ0) is 15.4. The van der Waals surface area contributed by atoms with Crippen LogP contribution < -0.4 is 5.32 Å². The molecule has 2 saturated heterocycles. The van der Waals surface area contributed by atoms with Crippen molar-refractivity contribution in [2.75, 3.05) is 32.8 Å². The number of hydrogen-bond acceptors (Lipinski definition) is 4. The fourth-order valence-corrected chi connectivity index (χ4v) is 3.43. The number of carbonyl (C=O) groups excluding carboxylic acids is 1. The molecule has 0 bridgehead atoms. The molecular formula is C16H26N4O2. The van der Waals surface area contributed by atoms with Crippen molar-refractivity contribution < 1.29 is 9.53 Å². The number of likely N-dealkylation sites (tertiary alicyclic amines) is 1. The van der Waals surface area contributed by atoms with Gasteiger partial charge in [0.05, 0.1) is 18.8 Å². The van der Waals surface area contributed by atoms with Gasteiger partial charge in [-0.05, 0) is 43.7 Å². The highest BCUT2D eigenvalue weighted by Gasteiger charge is 2.25. The fourth-order valence-electron chi connectivity index (χ4n) is 3.43. The summed E-state index contributed by atoms with van der Waals surface area (Å²) in [6.45, 7) is 4.02. The van der Waals surface area contributed by atoms with E-state index in [0.717, 1.165) is 45.4 Å². The Kier molecular flexibility index (Phi) is 5.10. The molecule has 3 rings (SSSR count). The lowest BCUT2D eigenvalue weighted by atomic mass is 10.0. The predicted octanol–water partition coefficient (Wildman–Crippen LogP) is 0.580. The van der Waals surface area contributed by atoms with Crippen LogP contribution in [-0.2, 0) is 23.0 Å². The number of hydrogen-bond donors (Lipinski definition) is 1. The molecule has 6 heteroatoms. The second-order valence-corrected chi connectivity index (χ2v) is 6.56. The fraction of sp³-hybridized carbons (Fsp3) is 0.750. The lowest BCUT2D eigenvalue weighted by molar-refractivity contribution is -0.122. The molecule has 1 aromatic heterocycles. The van der Waals surface area contributed by atoms with E-state index in [0.29, 0.717) is 19.0 Å². The molecule has 0 aliphatic carbocycles. The van der Waals surface area contributed by atoms with Gasteiger partial charge in [-0.2, -0.15) is 5.10 Å². The minimum Gasteiger partial charge on any atom is -0.376 e. The van der Waals surface area contributed by atoms with Crippen LogP contribution in [0.5, 0.6) is 0 Å². The average Bonchev–Trinajstić information content (AvgIpc) is 3.20. The topological polar surface area (TPSA) is 59.4 Å². The number of aromatic nitrogens is 2. The molecule has 2 aliphatic rings. The standard InChI is InChI=1S/C16H26N4O2/c1-19-10-14(8-18-19)7-13-4-5-20(11-13)12-16(21)17-9-15-3-2-6-22-15/h8,10,13,15H,2-7,9,11-12H2,1H3,(H,17,21)/t13-,15-/m1/s1. The van der Waals surface area contributed by atoms with Crippen LogP contribution in [0, 0.1) is 5.92 Å². The van der Waals surface area contributed by atoms with Crippen molar-refractivity contribution in [3.63, 3.8) is 0 Å². The van der Waals surface area contributed by atoms with E-state index < -0.39 is 0 Å². The van der Waals surface area contributed by atoms with Gasteiger partial charge < -0.3 is 10.1 Å². The van der Waals surface area contributed by atoms with Crippen molar-refractivity contribution in [1.82, 2.24) is 20.0 Å². The molecule has 0 spiro atoms. The minimum atomic E-state index is 0.123. The van der Waals surface area contributed by atoms with Gasteiger partial charge in [0.15, 0.2) is 0 Å². The first-order valence-electron chi connectivity index (χ1n) is 8.27. The average molecular weight is 306 g/mol. The van der Waals surface area contributed by atoms with Gasteiger partial charge >= 0.3 is 0 Å². The van der Waals surface area contributed by atoms with Gasteiger partial charge in [-0.1, -0.05) is 0 Å². The Bertz CT molecular complexity index is 496. The van der Waals surface area contributed by atoms with Crippen molar-refractivity contribution >= 4 is 5.91 Å². The van der Waals surface area contributed by atoms with Crippen LogP contribution >= 0.6 is 0 Å². The Balaban J connectivity index is 1.36. The molecule has 1 N–H and O–H groups in total. The van der Waals surface area contributed by atoms with Crippen LogP contribution in [0.25, 0.3) is 0 Å². The van der Waals surface area contributed by atoms with Crippen LogP contribution in [0.2, 0.25) is 0 Å². The van der Waals surface area contributed by atoms with Gasteiger partial charge in [-0.3, -0.25) is 14.4 Å². The van der Waals surface area contributed by atoms with E-state index in [9.17, 15) is 4.79 Å². The number of aryl methyl sites for hydroxylation is 1. The third-order valence-corrected chi connectivity index (χ3v) is 4.57. The summed E-state index contributed by atoms with van der Waals surface area (Å²) in [7, 11) is 1.95. The van der Waals surface area contributed by atoms with Crippen molar-refractivity contribution in [2.24, 2.45) is 13.0 Å². The Morgan fingerprint density at radius 3 is 3.14 bits per heavy atom. The maximum Gasteiger partial charge on any atom is 0.234 e. The Labute approximate surface area is 131 Å². The van der Waals surface area contributed by atoms with Gasteiger partial charge in [0.25, 0.3) is 0 Å². The lowest BCUT2D eigenvalue weighted by Gasteiger charge is -2.16.